The number of anilines is 1. The van der Waals surface area contributed by atoms with Gasteiger partial charge in [0.2, 0.25) is 0 Å². The first-order valence-electron chi connectivity index (χ1n) is 8.22. The van der Waals surface area contributed by atoms with Crippen LogP contribution in [0, 0.1) is 5.92 Å². The Kier molecular flexibility index (Phi) is 4.91. The van der Waals surface area contributed by atoms with Crippen LogP contribution in [0.25, 0.3) is 0 Å². The Morgan fingerprint density at radius 2 is 1.95 bits per heavy atom. The van der Waals surface area contributed by atoms with Crippen molar-refractivity contribution in [2.24, 2.45) is 5.92 Å². The molecule has 2 fully saturated rings. The molecule has 1 aromatic heterocycles. The molecule has 0 unspecified atom stereocenters. The fraction of sp³-hybridized carbons (Fsp3) is 0.750. The highest BCUT2D eigenvalue weighted by molar-refractivity contribution is 7.17. The second kappa shape index (κ2) is 6.88. The maximum Gasteiger partial charge on any atom is 0.186 e. The molecule has 5 heteroatoms. The Balaban J connectivity index is 1.55. The molecule has 2 aliphatic rings. The molecular formula is C16H25N3OS. The molecular weight excluding hydrogens is 282 g/mol. The molecule has 3 heterocycles. The van der Waals surface area contributed by atoms with E-state index in [0.29, 0.717) is 0 Å². The molecule has 0 spiro atoms. The van der Waals surface area contributed by atoms with Crippen LogP contribution >= 0.6 is 11.3 Å². The number of piperidine rings is 1. The Hall–Kier alpha value is -0.940. The van der Waals surface area contributed by atoms with Crippen molar-refractivity contribution in [2.45, 2.75) is 39.0 Å². The van der Waals surface area contributed by atoms with E-state index < -0.39 is 0 Å². The zero-order valence-electron chi connectivity index (χ0n) is 12.9. The standard InChI is InChI=1S/C16H25N3OS/c1-2-14-15(12-20)21-16(17-14)19-9-5-13(6-10-19)11-18-7-3-4-8-18/h12-13H,2-11H2,1H3. The summed E-state index contributed by atoms with van der Waals surface area (Å²) < 4.78 is 0. The van der Waals surface area contributed by atoms with Crippen LogP contribution in [0.5, 0.6) is 0 Å². The van der Waals surface area contributed by atoms with Crippen molar-refractivity contribution in [3.8, 4) is 0 Å². The van der Waals surface area contributed by atoms with Crippen molar-refractivity contribution in [3.63, 3.8) is 0 Å². The quantitative estimate of drug-likeness (QED) is 0.784. The molecule has 0 aliphatic carbocycles. The summed E-state index contributed by atoms with van der Waals surface area (Å²) in [5.41, 5.74) is 0.962. The van der Waals surface area contributed by atoms with Gasteiger partial charge in [-0.05, 0) is 51.1 Å². The minimum Gasteiger partial charge on any atom is -0.348 e. The number of aryl methyl sites for hydroxylation is 1. The van der Waals surface area contributed by atoms with Crippen LogP contribution in [-0.4, -0.2) is 48.9 Å². The average molecular weight is 307 g/mol. The summed E-state index contributed by atoms with van der Waals surface area (Å²) in [5, 5.41) is 1.05. The van der Waals surface area contributed by atoms with E-state index in [0.717, 1.165) is 47.4 Å². The molecule has 4 nitrogen and oxygen atoms in total. The van der Waals surface area contributed by atoms with Crippen LogP contribution in [-0.2, 0) is 6.42 Å². The summed E-state index contributed by atoms with van der Waals surface area (Å²) in [6, 6.07) is 0. The van der Waals surface area contributed by atoms with Crippen molar-refractivity contribution < 1.29 is 4.79 Å². The van der Waals surface area contributed by atoms with Gasteiger partial charge < -0.3 is 9.80 Å². The lowest BCUT2D eigenvalue weighted by atomic mass is 9.96. The summed E-state index contributed by atoms with van der Waals surface area (Å²) in [4.78, 5) is 21.5. The molecule has 0 bridgehead atoms. The number of thiazole rings is 1. The smallest absolute Gasteiger partial charge is 0.186 e. The van der Waals surface area contributed by atoms with Gasteiger partial charge in [0.25, 0.3) is 0 Å². The lowest BCUT2D eigenvalue weighted by molar-refractivity contribution is 0.112. The average Bonchev–Trinajstić information content (AvgIpc) is 3.16. The predicted molar refractivity (Wildman–Crippen MR) is 87.5 cm³/mol. The summed E-state index contributed by atoms with van der Waals surface area (Å²) in [6.07, 6.45) is 7.08. The van der Waals surface area contributed by atoms with E-state index in [1.807, 2.05) is 0 Å². The zero-order chi connectivity index (χ0) is 14.7. The van der Waals surface area contributed by atoms with Crippen LogP contribution < -0.4 is 4.90 Å². The van der Waals surface area contributed by atoms with Crippen LogP contribution in [0.15, 0.2) is 0 Å². The largest absolute Gasteiger partial charge is 0.348 e. The lowest BCUT2D eigenvalue weighted by Crippen LogP contribution is -2.38. The van der Waals surface area contributed by atoms with Gasteiger partial charge in [-0.25, -0.2) is 4.98 Å². The number of hydrogen-bond acceptors (Lipinski definition) is 5. The van der Waals surface area contributed by atoms with Crippen LogP contribution in [0.4, 0.5) is 5.13 Å². The molecule has 0 N–H and O–H groups in total. The molecule has 3 rings (SSSR count). The maximum atomic E-state index is 11.1. The Morgan fingerprint density at radius 3 is 2.52 bits per heavy atom. The van der Waals surface area contributed by atoms with Crippen LogP contribution in [0.2, 0.25) is 0 Å². The molecule has 1 aromatic rings. The molecule has 0 radical (unpaired) electrons. The fourth-order valence-corrected chi connectivity index (χ4v) is 4.49. The Bertz CT molecular complexity index is 474. The lowest BCUT2D eigenvalue weighted by Gasteiger charge is -2.33. The first-order valence-corrected chi connectivity index (χ1v) is 9.04. The molecule has 116 valence electrons. The third kappa shape index (κ3) is 3.46. The van der Waals surface area contributed by atoms with Gasteiger partial charge in [0, 0.05) is 19.6 Å². The number of nitrogens with zero attached hydrogens (tertiary/aromatic N) is 3. The van der Waals surface area contributed by atoms with Gasteiger partial charge in [0.1, 0.15) is 0 Å². The van der Waals surface area contributed by atoms with Crippen molar-refractivity contribution in [3.05, 3.63) is 10.6 Å². The van der Waals surface area contributed by atoms with E-state index in [1.54, 1.807) is 11.3 Å². The van der Waals surface area contributed by atoms with Crippen molar-refractivity contribution >= 4 is 22.8 Å². The topological polar surface area (TPSA) is 36.4 Å². The third-order valence-corrected chi connectivity index (χ3v) is 5.84. The number of aldehydes is 1. The monoisotopic (exact) mass is 307 g/mol. The first kappa shape index (κ1) is 15.0. The van der Waals surface area contributed by atoms with Gasteiger partial charge in [-0.2, -0.15) is 0 Å². The number of likely N-dealkylation sites (tertiary alicyclic amines) is 1. The highest BCUT2D eigenvalue weighted by Gasteiger charge is 2.24. The molecule has 21 heavy (non-hydrogen) atoms. The van der Waals surface area contributed by atoms with Crippen molar-refractivity contribution in [2.75, 3.05) is 37.6 Å². The van der Waals surface area contributed by atoms with Crippen molar-refractivity contribution in [1.29, 1.82) is 0 Å². The van der Waals surface area contributed by atoms with Gasteiger partial charge in [0.05, 0.1) is 10.6 Å². The van der Waals surface area contributed by atoms with E-state index in [2.05, 4.69) is 21.7 Å². The second-order valence-electron chi connectivity index (χ2n) is 6.22. The summed E-state index contributed by atoms with van der Waals surface area (Å²) >= 11 is 1.56. The maximum absolute atomic E-state index is 11.1. The minimum atomic E-state index is 0.812. The minimum absolute atomic E-state index is 0.812. The third-order valence-electron chi connectivity index (χ3n) is 4.76. The molecule has 2 saturated heterocycles. The van der Waals surface area contributed by atoms with E-state index in [4.69, 9.17) is 0 Å². The second-order valence-corrected chi connectivity index (χ2v) is 7.23. The Labute approximate surface area is 131 Å². The molecule has 0 amide bonds. The van der Waals surface area contributed by atoms with Gasteiger partial charge in [-0.1, -0.05) is 18.3 Å². The van der Waals surface area contributed by atoms with Gasteiger partial charge in [-0.15, -0.1) is 0 Å². The van der Waals surface area contributed by atoms with Gasteiger partial charge in [-0.3, -0.25) is 4.79 Å². The Morgan fingerprint density at radius 1 is 1.24 bits per heavy atom. The highest BCUT2D eigenvalue weighted by Crippen LogP contribution is 2.30. The number of hydrogen-bond donors (Lipinski definition) is 0. The predicted octanol–water partition coefficient (Wildman–Crippen LogP) is 2.83. The summed E-state index contributed by atoms with van der Waals surface area (Å²) in [7, 11) is 0. The van der Waals surface area contributed by atoms with Crippen LogP contribution in [0.1, 0.15) is 48.0 Å². The highest BCUT2D eigenvalue weighted by atomic mass is 32.1. The summed E-state index contributed by atoms with van der Waals surface area (Å²) in [5.74, 6) is 0.843. The fourth-order valence-electron chi connectivity index (χ4n) is 3.47. The number of aromatic nitrogens is 1. The molecule has 0 saturated carbocycles. The van der Waals surface area contributed by atoms with Gasteiger partial charge in [0.15, 0.2) is 11.4 Å². The van der Waals surface area contributed by atoms with E-state index in [1.165, 1.54) is 45.3 Å². The molecule has 0 aromatic carbocycles. The van der Waals surface area contributed by atoms with Crippen molar-refractivity contribution in [1.82, 2.24) is 9.88 Å². The van der Waals surface area contributed by atoms with E-state index in [9.17, 15) is 4.79 Å². The zero-order valence-corrected chi connectivity index (χ0v) is 13.7. The van der Waals surface area contributed by atoms with E-state index >= 15 is 0 Å². The van der Waals surface area contributed by atoms with Crippen LogP contribution in [0.3, 0.4) is 0 Å². The normalized spacial score (nSPS) is 21.1. The molecule has 0 atom stereocenters. The summed E-state index contributed by atoms with van der Waals surface area (Å²) in [6.45, 7) is 8.13. The first-order chi connectivity index (χ1) is 10.3. The van der Waals surface area contributed by atoms with Gasteiger partial charge >= 0.3 is 0 Å². The number of carbonyl (C=O) groups excluding carboxylic acids is 1. The SMILES string of the molecule is CCc1nc(N2CCC(CN3CCCC3)CC2)sc1C=O. The van der Waals surface area contributed by atoms with E-state index in [-0.39, 0.29) is 0 Å². The number of carbonyl (C=O) groups is 1. The molecule has 2 aliphatic heterocycles. The number of rotatable bonds is 5.